The molecule has 0 bridgehead atoms. The molecule has 1 aliphatic carbocycles. The van der Waals surface area contributed by atoms with E-state index in [1.165, 1.54) is 0 Å². The molecule has 4 rings (SSSR count). The maximum absolute atomic E-state index is 13.3. The summed E-state index contributed by atoms with van der Waals surface area (Å²) >= 11 is 0. The maximum atomic E-state index is 13.3. The number of benzene rings is 2. The molecule has 33 heavy (non-hydrogen) atoms. The standard InChI is InChI=1S/C28H30N2O3/c1-18(2)30(19(3)4)25(31)17-33-28(32)26-22-12-8-9-13-24(22)29-27-21(14-15-23(26)27)16-20-10-6-5-7-11-20/h5-13,16,18-19H,14-15,17H2,1-4H3. The van der Waals surface area contributed by atoms with Crippen molar-refractivity contribution in [3.8, 4) is 0 Å². The summed E-state index contributed by atoms with van der Waals surface area (Å²) in [5.41, 5.74) is 5.24. The smallest absolute Gasteiger partial charge is 0.339 e. The largest absolute Gasteiger partial charge is 0.452 e. The van der Waals surface area contributed by atoms with Gasteiger partial charge in [0.25, 0.3) is 5.91 Å². The molecule has 170 valence electrons. The van der Waals surface area contributed by atoms with Crippen LogP contribution in [0.15, 0.2) is 54.6 Å². The molecule has 3 aromatic rings. The number of fused-ring (bicyclic) bond motifs is 2. The lowest BCUT2D eigenvalue weighted by molar-refractivity contribution is -0.138. The van der Waals surface area contributed by atoms with Crippen molar-refractivity contribution in [3.05, 3.63) is 77.0 Å². The Kier molecular flexibility index (Phi) is 6.59. The summed E-state index contributed by atoms with van der Waals surface area (Å²) in [5, 5.41) is 0.763. The molecule has 1 aliphatic rings. The number of pyridine rings is 1. The van der Waals surface area contributed by atoms with Crippen LogP contribution in [0.1, 0.15) is 61.3 Å². The molecule has 2 aromatic carbocycles. The second kappa shape index (κ2) is 9.57. The van der Waals surface area contributed by atoms with Crippen LogP contribution < -0.4 is 0 Å². The number of nitrogens with zero attached hydrogens (tertiary/aromatic N) is 2. The number of amides is 1. The summed E-state index contributed by atoms with van der Waals surface area (Å²) in [5.74, 6) is -0.653. The SMILES string of the molecule is CC(C)N(C(=O)COC(=O)c1c2c(nc3ccccc13)C(=Cc1ccccc1)CC2)C(C)C. The zero-order valence-corrected chi connectivity index (χ0v) is 19.7. The highest BCUT2D eigenvalue weighted by atomic mass is 16.5. The predicted octanol–water partition coefficient (Wildman–Crippen LogP) is 5.52. The first-order chi connectivity index (χ1) is 15.9. The fraction of sp³-hybridized carbons (Fsp3) is 0.321. The van der Waals surface area contributed by atoms with E-state index in [9.17, 15) is 9.59 Å². The quantitative estimate of drug-likeness (QED) is 0.472. The van der Waals surface area contributed by atoms with E-state index in [1.54, 1.807) is 4.90 Å². The molecule has 1 heterocycles. The van der Waals surface area contributed by atoms with E-state index in [1.807, 2.05) is 70.2 Å². The molecule has 1 amide bonds. The molecule has 5 heteroatoms. The first-order valence-corrected chi connectivity index (χ1v) is 11.5. The van der Waals surface area contributed by atoms with E-state index in [4.69, 9.17) is 9.72 Å². The Morgan fingerprint density at radius 2 is 1.64 bits per heavy atom. The predicted molar refractivity (Wildman–Crippen MR) is 132 cm³/mol. The molecule has 0 saturated heterocycles. The van der Waals surface area contributed by atoms with Gasteiger partial charge in [0.05, 0.1) is 16.8 Å². The average molecular weight is 443 g/mol. The van der Waals surface area contributed by atoms with Gasteiger partial charge < -0.3 is 9.64 Å². The minimum absolute atomic E-state index is 0.0351. The fourth-order valence-corrected chi connectivity index (χ4v) is 4.71. The molecule has 0 spiro atoms. The number of para-hydroxylation sites is 1. The van der Waals surface area contributed by atoms with Gasteiger partial charge in [-0.15, -0.1) is 0 Å². The number of esters is 1. The molecular formula is C28H30N2O3. The van der Waals surface area contributed by atoms with Crippen molar-refractivity contribution in [2.45, 2.75) is 52.6 Å². The normalized spacial score (nSPS) is 14.2. The van der Waals surface area contributed by atoms with Crippen molar-refractivity contribution in [1.29, 1.82) is 0 Å². The highest BCUT2D eigenvalue weighted by Gasteiger charge is 2.29. The van der Waals surface area contributed by atoms with Gasteiger partial charge in [-0.25, -0.2) is 9.78 Å². The zero-order valence-electron chi connectivity index (χ0n) is 19.7. The van der Waals surface area contributed by atoms with E-state index < -0.39 is 5.97 Å². The Labute approximate surface area is 195 Å². The average Bonchev–Trinajstić information content (AvgIpc) is 3.18. The fourth-order valence-electron chi connectivity index (χ4n) is 4.71. The Balaban J connectivity index is 1.69. The van der Waals surface area contributed by atoms with Gasteiger partial charge in [0.1, 0.15) is 0 Å². The number of hydrogen-bond donors (Lipinski definition) is 0. The Hall–Kier alpha value is -3.47. The lowest BCUT2D eigenvalue weighted by Gasteiger charge is -2.30. The van der Waals surface area contributed by atoms with Crippen molar-refractivity contribution in [3.63, 3.8) is 0 Å². The number of rotatable bonds is 6. The van der Waals surface area contributed by atoms with Gasteiger partial charge in [-0.2, -0.15) is 0 Å². The van der Waals surface area contributed by atoms with Crippen LogP contribution in [0.3, 0.4) is 0 Å². The number of carbonyl (C=O) groups excluding carboxylic acids is 2. The van der Waals surface area contributed by atoms with Crippen LogP contribution in [-0.4, -0.2) is 40.5 Å². The highest BCUT2D eigenvalue weighted by Crippen LogP contribution is 2.37. The molecule has 0 atom stereocenters. The maximum Gasteiger partial charge on any atom is 0.339 e. The van der Waals surface area contributed by atoms with Crippen LogP contribution in [0.5, 0.6) is 0 Å². The first-order valence-electron chi connectivity index (χ1n) is 11.5. The van der Waals surface area contributed by atoms with Gasteiger partial charge in [0.2, 0.25) is 0 Å². The van der Waals surface area contributed by atoms with Gasteiger partial charge in [-0.05, 0) is 69.4 Å². The van der Waals surface area contributed by atoms with E-state index in [0.717, 1.165) is 39.7 Å². The Morgan fingerprint density at radius 1 is 0.970 bits per heavy atom. The van der Waals surface area contributed by atoms with Gasteiger partial charge in [0, 0.05) is 17.5 Å². The third kappa shape index (κ3) is 4.68. The minimum Gasteiger partial charge on any atom is -0.452 e. The van der Waals surface area contributed by atoms with Gasteiger partial charge >= 0.3 is 5.97 Å². The first kappa shape index (κ1) is 22.7. The van der Waals surface area contributed by atoms with E-state index in [2.05, 4.69) is 18.2 Å². The van der Waals surface area contributed by atoms with Crippen LogP contribution >= 0.6 is 0 Å². The van der Waals surface area contributed by atoms with Crippen molar-refractivity contribution in [1.82, 2.24) is 9.88 Å². The molecule has 1 aromatic heterocycles. The van der Waals surface area contributed by atoms with Crippen LogP contribution in [-0.2, 0) is 16.0 Å². The highest BCUT2D eigenvalue weighted by molar-refractivity contribution is 6.07. The number of aromatic nitrogens is 1. The Morgan fingerprint density at radius 3 is 2.33 bits per heavy atom. The third-order valence-corrected chi connectivity index (χ3v) is 6.01. The van der Waals surface area contributed by atoms with Gasteiger partial charge in [0.15, 0.2) is 6.61 Å². The monoisotopic (exact) mass is 442 g/mol. The number of hydrogen-bond acceptors (Lipinski definition) is 4. The second-order valence-corrected chi connectivity index (χ2v) is 8.98. The van der Waals surface area contributed by atoms with E-state index >= 15 is 0 Å². The van der Waals surface area contributed by atoms with Crippen LogP contribution in [0.2, 0.25) is 0 Å². The molecule has 5 nitrogen and oxygen atoms in total. The summed E-state index contributed by atoms with van der Waals surface area (Å²) < 4.78 is 5.58. The lowest BCUT2D eigenvalue weighted by atomic mass is 10.0. The Bertz CT molecular complexity index is 1200. The van der Waals surface area contributed by atoms with Crippen LogP contribution in [0.4, 0.5) is 0 Å². The van der Waals surface area contributed by atoms with Crippen LogP contribution in [0, 0.1) is 0 Å². The summed E-state index contributed by atoms with van der Waals surface area (Å²) in [7, 11) is 0. The zero-order chi connectivity index (χ0) is 23.5. The molecule has 0 unspecified atom stereocenters. The molecule has 0 saturated carbocycles. The van der Waals surface area contributed by atoms with Crippen molar-refractivity contribution in [2.24, 2.45) is 0 Å². The summed E-state index contributed by atoms with van der Waals surface area (Å²) in [4.78, 5) is 32.7. The van der Waals surface area contributed by atoms with Crippen molar-refractivity contribution < 1.29 is 14.3 Å². The van der Waals surface area contributed by atoms with E-state index in [-0.39, 0.29) is 24.6 Å². The summed E-state index contributed by atoms with van der Waals surface area (Å²) in [6.45, 7) is 7.58. The van der Waals surface area contributed by atoms with E-state index in [0.29, 0.717) is 12.0 Å². The summed E-state index contributed by atoms with van der Waals surface area (Å²) in [6, 6.07) is 17.8. The molecule has 0 fully saturated rings. The number of ether oxygens (including phenoxy) is 1. The lowest BCUT2D eigenvalue weighted by Crippen LogP contribution is -2.44. The number of carbonyl (C=O) groups is 2. The van der Waals surface area contributed by atoms with Crippen molar-refractivity contribution >= 4 is 34.4 Å². The van der Waals surface area contributed by atoms with Crippen LogP contribution in [0.25, 0.3) is 22.6 Å². The van der Waals surface area contributed by atoms with Gasteiger partial charge in [-0.1, -0.05) is 48.5 Å². The van der Waals surface area contributed by atoms with Gasteiger partial charge in [-0.3, -0.25) is 4.79 Å². The minimum atomic E-state index is -0.466. The number of allylic oxidation sites excluding steroid dienone is 1. The third-order valence-electron chi connectivity index (χ3n) is 6.01. The summed E-state index contributed by atoms with van der Waals surface area (Å²) in [6.07, 6.45) is 3.66. The molecule has 0 aliphatic heterocycles. The topological polar surface area (TPSA) is 59.5 Å². The molecular weight excluding hydrogens is 412 g/mol. The molecule has 0 N–H and O–H groups in total. The molecule has 0 radical (unpaired) electrons. The second-order valence-electron chi connectivity index (χ2n) is 8.98. The van der Waals surface area contributed by atoms with Crippen molar-refractivity contribution in [2.75, 3.05) is 6.61 Å².